The molecule has 0 radical (unpaired) electrons. The zero-order valence-corrected chi connectivity index (χ0v) is 10.9. The highest BCUT2D eigenvalue weighted by Crippen LogP contribution is 2.06. The van der Waals surface area contributed by atoms with E-state index in [-0.39, 0.29) is 19.1 Å². The standard InChI is InChI=1S/C13H16N2O4/c1-3-19-11(16)8-15(2)13(18)10-6-4-9(5-7-10)12(14)17/h4-7H,3,8H2,1-2H3,(H2,14,17). The van der Waals surface area contributed by atoms with Gasteiger partial charge in [-0.2, -0.15) is 0 Å². The molecule has 0 spiro atoms. The molecule has 2 N–H and O–H groups in total. The molecule has 0 heterocycles. The molecule has 102 valence electrons. The second-order valence-electron chi connectivity index (χ2n) is 3.91. The summed E-state index contributed by atoms with van der Waals surface area (Å²) in [7, 11) is 1.50. The number of likely N-dealkylation sites (N-methyl/N-ethyl adjacent to an activating group) is 1. The average molecular weight is 264 g/mol. The van der Waals surface area contributed by atoms with Gasteiger partial charge in [0.2, 0.25) is 5.91 Å². The van der Waals surface area contributed by atoms with Crippen molar-refractivity contribution in [1.29, 1.82) is 0 Å². The number of amides is 2. The van der Waals surface area contributed by atoms with Crippen LogP contribution in [0, 0.1) is 0 Å². The van der Waals surface area contributed by atoms with Crippen LogP contribution in [0.5, 0.6) is 0 Å². The molecule has 0 fully saturated rings. The number of carbonyl (C=O) groups is 3. The molecule has 19 heavy (non-hydrogen) atoms. The molecule has 0 aliphatic heterocycles. The molecule has 0 aliphatic rings. The molecular formula is C13H16N2O4. The summed E-state index contributed by atoms with van der Waals surface area (Å²) in [5.41, 5.74) is 5.80. The summed E-state index contributed by atoms with van der Waals surface area (Å²) in [6.45, 7) is 1.85. The number of ether oxygens (including phenoxy) is 1. The number of hydrogen-bond donors (Lipinski definition) is 1. The minimum absolute atomic E-state index is 0.121. The molecule has 6 nitrogen and oxygen atoms in total. The van der Waals surface area contributed by atoms with E-state index in [9.17, 15) is 14.4 Å². The van der Waals surface area contributed by atoms with E-state index in [0.717, 1.165) is 0 Å². The smallest absolute Gasteiger partial charge is 0.325 e. The largest absolute Gasteiger partial charge is 0.465 e. The van der Waals surface area contributed by atoms with E-state index in [4.69, 9.17) is 10.5 Å². The molecule has 2 amide bonds. The van der Waals surface area contributed by atoms with Crippen LogP contribution >= 0.6 is 0 Å². The predicted octanol–water partition coefficient (Wildman–Crippen LogP) is 0.421. The SMILES string of the molecule is CCOC(=O)CN(C)C(=O)c1ccc(C(N)=O)cc1. The molecule has 0 aromatic heterocycles. The number of hydrogen-bond acceptors (Lipinski definition) is 4. The Hall–Kier alpha value is -2.37. The third-order valence-corrected chi connectivity index (χ3v) is 2.43. The molecule has 0 saturated carbocycles. The van der Waals surface area contributed by atoms with Gasteiger partial charge >= 0.3 is 5.97 Å². The first kappa shape index (κ1) is 14.7. The molecule has 1 aromatic rings. The Morgan fingerprint density at radius 3 is 2.16 bits per heavy atom. The molecule has 1 rings (SSSR count). The van der Waals surface area contributed by atoms with Gasteiger partial charge in [-0.1, -0.05) is 0 Å². The van der Waals surface area contributed by atoms with Crippen LogP contribution in [0.4, 0.5) is 0 Å². The normalized spacial score (nSPS) is 9.79. The van der Waals surface area contributed by atoms with Crippen molar-refractivity contribution in [2.24, 2.45) is 5.73 Å². The van der Waals surface area contributed by atoms with Crippen LogP contribution in [0.1, 0.15) is 27.6 Å². The topological polar surface area (TPSA) is 89.7 Å². The van der Waals surface area contributed by atoms with Crippen molar-refractivity contribution >= 4 is 17.8 Å². The van der Waals surface area contributed by atoms with E-state index in [0.29, 0.717) is 11.1 Å². The summed E-state index contributed by atoms with van der Waals surface area (Å²) < 4.78 is 4.76. The quantitative estimate of drug-likeness (QED) is 0.780. The first-order valence-electron chi connectivity index (χ1n) is 5.76. The number of rotatable bonds is 5. The second-order valence-corrected chi connectivity index (χ2v) is 3.91. The molecule has 0 aliphatic carbocycles. The van der Waals surface area contributed by atoms with Gasteiger partial charge in [-0.15, -0.1) is 0 Å². The Morgan fingerprint density at radius 1 is 1.16 bits per heavy atom. The third kappa shape index (κ3) is 4.09. The van der Waals surface area contributed by atoms with Crippen molar-refractivity contribution in [3.8, 4) is 0 Å². The Kier molecular flexibility index (Phi) is 5.05. The van der Waals surface area contributed by atoms with Gasteiger partial charge in [-0.05, 0) is 31.2 Å². The van der Waals surface area contributed by atoms with E-state index in [1.807, 2.05) is 0 Å². The zero-order chi connectivity index (χ0) is 14.4. The predicted molar refractivity (Wildman–Crippen MR) is 68.6 cm³/mol. The van der Waals surface area contributed by atoms with E-state index in [1.165, 1.54) is 36.2 Å². The maximum absolute atomic E-state index is 12.0. The van der Waals surface area contributed by atoms with Gasteiger partial charge in [0.1, 0.15) is 6.54 Å². The summed E-state index contributed by atoms with van der Waals surface area (Å²) in [6, 6.07) is 5.91. The van der Waals surface area contributed by atoms with Crippen molar-refractivity contribution in [2.45, 2.75) is 6.92 Å². The fourth-order valence-electron chi connectivity index (χ4n) is 1.47. The van der Waals surface area contributed by atoms with E-state index in [2.05, 4.69) is 0 Å². The van der Waals surface area contributed by atoms with Gasteiger partial charge in [-0.25, -0.2) is 0 Å². The van der Waals surface area contributed by atoms with E-state index >= 15 is 0 Å². The van der Waals surface area contributed by atoms with E-state index in [1.54, 1.807) is 6.92 Å². The lowest BCUT2D eigenvalue weighted by molar-refractivity contribution is -0.143. The molecule has 0 atom stereocenters. The molecule has 0 bridgehead atoms. The molecule has 0 unspecified atom stereocenters. The van der Waals surface area contributed by atoms with Gasteiger partial charge in [0.25, 0.3) is 5.91 Å². The lowest BCUT2D eigenvalue weighted by atomic mass is 10.1. The minimum atomic E-state index is -0.557. The maximum atomic E-state index is 12.0. The summed E-state index contributed by atoms with van der Waals surface area (Å²) in [4.78, 5) is 35.4. The number of esters is 1. The van der Waals surface area contributed by atoms with E-state index < -0.39 is 11.9 Å². The maximum Gasteiger partial charge on any atom is 0.325 e. The van der Waals surface area contributed by atoms with Crippen LogP contribution in [-0.2, 0) is 9.53 Å². The molecular weight excluding hydrogens is 248 g/mol. The summed E-state index contributed by atoms with van der Waals surface area (Å²) in [6.07, 6.45) is 0. The zero-order valence-electron chi connectivity index (χ0n) is 10.9. The number of nitrogens with zero attached hydrogens (tertiary/aromatic N) is 1. The number of nitrogens with two attached hydrogens (primary N) is 1. The number of carbonyl (C=O) groups excluding carboxylic acids is 3. The van der Waals surface area contributed by atoms with Gasteiger partial charge in [0.05, 0.1) is 6.61 Å². The Labute approximate surface area is 111 Å². The average Bonchev–Trinajstić information content (AvgIpc) is 2.38. The molecule has 1 aromatic carbocycles. The van der Waals surface area contributed by atoms with Gasteiger partial charge in [0.15, 0.2) is 0 Å². The Bertz CT molecular complexity index is 482. The lowest BCUT2D eigenvalue weighted by Crippen LogP contribution is -2.33. The summed E-state index contributed by atoms with van der Waals surface area (Å²) in [5, 5.41) is 0. The van der Waals surface area contributed by atoms with Gasteiger partial charge < -0.3 is 15.4 Å². The third-order valence-electron chi connectivity index (χ3n) is 2.43. The molecule has 0 saturated heterocycles. The van der Waals surface area contributed by atoms with Crippen molar-refractivity contribution in [1.82, 2.24) is 4.90 Å². The van der Waals surface area contributed by atoms with Crippen molar-refractivity contribution < 1.29 is 19.1 Å². The van der Waals surface area contributed by atoms with Crippen molar-refractivity contribution in [3.05, 3.63) is 35.4 Å². The number of primary amides is 1. The monoisotopic (exact) mass is 264 g/mol. The number of benzene rings is 1. The first-order valence-corrected chi connectivity index (χ1v) is 5.76. The Morgan fingerprint density at radius 2 is 1.68 bits per heavy atom. The van der Waals surface area contributed by atoms with Crippen molar-refractivity contribution in [3.63, 3.8) is 0 Å². The second kappa shape index (κ2) is 6.53. The van der Waals surface area contributed by atoms with Crippen LogP contribution in [0.3, 0.4) is 0 Å². The Balaban J connectivity index is 2.71. The van der Waals surface area contributed by atoms with Crippen LogP contribution in [0.25, 0.3) is 0 Å². The van der Waals surface area contributed by atoms with Crippen LogP contribution < -0.4 is 5.73 Å². The van der Waals surface area contributed by atoms with Crippen LogP contribution in [0.15, 0.2) is 24.3 Å². The lowest BCUT2D eigenvalue weighted by Gasteiger charge is -2.16. The summed E-state index contributed by atoms with van der Waals surface area (Å²) >= 11 is 0. The van der Waals surface area contributed by atoms with Gasteiger partial charge in [0, 0.05) is 18.2 Å². The fraction of sp³-hybridized carbons (Fsp3) is 0.308. The fourth-order valence-corrected chi connectivity index (χ4v) is 1.47. The van der Waals surface area contributed by atoms with Crippen LogP contribution in [-0.4, -0.2) is 42.9 Å². The highest BCUT2D eigenvalue weighted by atomic mass is 16.5. The van der Waals surface area contributed by atoms with Gasteiger partial charge in [-0.3, -0.25) is 14.4 Å². The molecule has 6 heteroatoms. The summed E-state index contributed by atoms with van der Waals surface area (Å²) in [5.74, 6) is -1.35. The first-order chi connectivity index (χ1) is 8.95. The highest BCUT2D eigenvalue weighted by Gasteiger charge is 2.15. The van der Waals surface area contributed by atoms with Crippen molar-refractivity contribution in [2.75, 3.05) is 20.2 Å². The minimum Gasteiger partial charge on any atom is -0.465 e. The van der Waals surface area contributed by atoms with Crippen LogP contribution in [0.2, 0.25) is 0 Å². The highest BCUT2D eigenvalue weighted by molar-refractivity contribution is 5.98.